The second kappa shape index (κ2) is 4.33. The van der Waals surface area contributed by atoms with Gasteiger partial charge in [0.25, 0.3) is 0 Å². The van der Waals surface area contributed by atoms with Crippen molar-refractivity contribution in [3.05, 3.63) is 29.8 Å². The normalized spacial score (nSPS) is 10.2. The average Bonchev–Trinajstić information content (AvgIpc) is 2.36. The van der Waals surface area contributed by atoms with Crippen molar-refractivity contribution in [1.29, 1.82) is 0 Å². The third-order valence-corrected chi connectivity index (χ3v) is 2.62. The van der Waals surface area contributed by atoms with Gasteiger partial charge in [-0.1, -0.05) is 0 Å². The van der Waals surface area contributed by atoms with Crippen LogP contribution in [0.25, 0.3) is 10.8 Å². The molecule has 1 N–H and O–H groups in total. The van der Waals surface area contributed by atoms with Gasteiger partial charge in [0.1, 0.15) is 5.75 Å². The number of carbonyl (C=O) groups excluding carboxylic acids is 1. The molecule has 0 heterocycles. The number of benzene rings is 2. The summed E-state index contributed by atoms with van der Waals surface area (Å²) in [5, 5.41) is 10.8. The molecule has 0 saturated carbocycles. The molecule has 0 bridgehead atoms. The molecule has 0 aliphatic rings. The number of aldehydes is 1. The van der Waals surface area contributed by atoms with Crippen LogP contribution in [0.5, 0.6) is 17.2 Å². The molecule has 2 aromatic rings. The Bertz CT molecular complexity index is 575. The number of hydrogen-bond donors (Lipinski definition) is 1. The van der Waals surface area contributed by atoms with Gasteiger partial charge in [0.15, 0.2) is 17.8 Å². The van der Waals surface area contributed by atoms with Crippen molar-refractivity contribution in [1.82, 2.24) is 0 Å². The first-order chi connectivity index (χ1) is 8.21. The second-order valence-corrected chi connectivity index (χ2v) is 3.55. The zero-order valence-corrected chi connectivity index (χ0v) is 9.56. The molecule has 2 rings (SSSR count). The molecule has 0 saturated heterocycles. The van der Waals surface area contributed by atoms with Gasteiger partial charge in [-0.15, -0.1) is 0 Å². The number of carbonyl (C=O) groups is 1. The van der Waals surface area contributed by atoms with Gasteiger partial charge in [-0.05, 0) is 29.7 Å². The van der Waals surface area contributed by atoms with Crippen LogP contribution in [0.1, 0.15) is 10.4 Å². The molecule has 2 aromatic carbocycles. The van der Waals surface area contributed by atoms with E-state index < -0.39 is 0 Å². The predicted octanol–water partition coefficient (Wildman–Crippen LogP) is 2.38. The van der Waals surface area contributed by atoms with E-state index in [1.807, 2.05) is 0 Å². The van der Waals surface area contributed by atoms with Crippen molar-refractivity contribution in [2.45, 2.75) is 0 Å². The van der Waals surface area contributed by atoms with Gasteiger partial charge >= 0.3 is 0 Å². The van der Waals surface area contributed by atoms with Gasteiger partial charge in [-0.3, -0.25) is 4.79 Å². The summed E-state index contributed by atoms with van der Waals surface area (Å²) in [5.74, 6) is 1.15. The molecule has 0 spiro atoms. The SMILES string of the molecule is COc1cc(C=O)c2cc(O)ccc2c1OC. The Morgan fingerprint density at radius 2 is 1.88 bits per heavy atom. The van der Waals surface area contributed by atoms with Crippen LogP contribution in [0.3, 0.4) is 0 Å². The highest BCUT2D eigenvalue weighted by Crippen LogP contribution is 2.38. The number of methoxy groups -OCH3 is 2. The summed E-state index contributed by atoms with van der Waals surface area (Å²) < 4.78 is 10.4. The molecule has 0 atom stereocenters. The summed E-state index contributed by atoms with van der Waals surface area (Å²) in [6.45, 7) is 0. The van der Waals surface area contributed by atoms with E-state index in [2.05, 4.69) is 0 Å². The fourth-order valence-electron chi connectivity index (χ4n) is 1.85. The molecule has 4 heteroatoms. The maximum Gasteiger partial charge on any atom is 0.168 e. The number of rotatable bonds is 3. The van der Waals surface area contributed by atoms with E-state index >= 15 is 0 Å². The minimum atomic E-state index is 0.104. The number of hydrogen-bond acceptors (Lipinski definition) is 4. The highest BCUT2D eigenvalue weighted by atomic mass is 16.5. The number of aromatic hydroxyl groups is 1. The lowest BCUT2D eigenvalue weighted by Crippen LogP contribution is -1.94. The van der Waals surface area contributed by atoms with E-state index in [0.717, 1.165) is 11.7 Å². The molecule has 17 heavy (non-hydrogen) atoms. The van der Waals surface area contributed by atoms with Crippen molar-refractivity contribution in [2.24, 2.45) is 0 Å². The Balaban J connectivity index is 2.90. The lowest BCUT2D eigenvalue weighted by Gasteiger charge is -2.12. The summed E-state index contributed by atoms with van der Waals surface area (Å²) in [4.78, 5) is 11.0. The average molecular weight is 232 g/mol. The molecule has 0 amide bonds. The highest BCUT2D eigenvalue weighted by Gasteiger charge is 2.13. The first kappa shape index (κ1) is 11.3. The fourth-order valence-corrected chi connectivity index (χ4v) is 1.85. The standard InChI is InChI=1S/C13H12O4/c1-16-12-5-8(7-14)11-6-9(15)3-4-10(11)13(12)17-2/h3-7,15H,1-2H3. The van der Waals surface area contributed by atoms with E-state index in [4.69, 9.17) is 9.47 Å². The summed E-state index contributed by atoms with van der Waals surface area (Å²) in [7, 11) is 3.05. The van der Waals surface area contributed by atoms with E-state index in [1.54, 1.807) is 18.2 Å². The molecule has 0 aliphatic heterocycles. The zero-order valence-electron chi connectivity index (χ0n) is 9.56. The van der Waals surface area contributed by atoms with Gasteiger partial charge in [0.05, 0.1) is 14.2 Å². The molecule has 0 radical (unpaired) electrons. The predicted molar refractivity (Wildman–Crippen MR) is 64.1 cm³/mol. The monoisotopic (exact) mass is 232 g/mol. The van der Waals surface area contributed by atoms with Crippen LogP contribution in [0.15, 0.2) is 24.3 Å². The second-order valence-electron chi connectivity index (χ2n) is 3.55. The van der Waals surface area contributed by atoms with E-state index in [1.165, 1.54) is 20.3 Å². The third-order valence-electron chi connectivity index (χ3n) is 2.62. The van der Waals surface area contributed by atoms with E-state index in [-0.39, 0.29) is 5.75 Å². The first-order valence-electron chi connectivity index (χ1n) is 5.04. The van der Waals surface area contributed by atoms with E-state index in [0.29, 0.717) is 22.4 Å². The molecular weight excluding hydrogens is 220 g/mol. The topological polar surface area (TPSA) is 55.8 Å². The van der Waals surface area contributed by atoms with Crippen LogP contribution in [0, 0.1) is 0 Å². The summed E-state index contributed by atoms with van der Waals surface area (Å²) in [5.41, 5.74) is 0.452. The van der Waals surface area contributed by atoms with Crippen molar-refractivity contribution < 1.29 is 19.4 Å². The Morgan fingerprint density at radius 3 is 2.47 bits per heavy atom. The third kappa shape index (κ3) is 1.78. The minimum Gasteiger partial charge on any atom is -0.508 e. The molecule has 0 fully saturated rings. The van der Waals surface area contributed by atoms with Crippen LogP contribution < -0.4 is 9.47 Å². The number of phenolic OH excluding ortho intramolecular Hbond substituents is 1. The minimum absolute atomic E-state index is 0.104. The number of ether oxygens (including phenoxy) is 2. The summed E-state index contributed by atoms with van der Waals surface area (Å²) in [6, 6.07) is 6.35. The van der Waals surface area contributed by atoms with Crippen molar-refractivity contribution in [3.8, 4) is 17.2 Å². The van der Waals surface area contributed by atoms with Crippen molar-refractivity contribution in [2.75, 3.05) is 14.2 Å². The maximum absolute atomic E-state index is 11.0. The molecule has 4 nitrogen and oxygen atoms in total. The van der Waals surface area contributed by atoms with Crippen LogP contribution in [-0.2, 0) is 0 Å². The van der Waals surface area contributed by atoms with Crippen LogP contribution in [0.2, 0.25) is 0 Å². The maximum atomic E-state index is 11.0. The van der Waals surface area contributed by atoms with Crippen molar-refractivity contribution >= 4 is 17.1 Å². The largest absolute Gasteiger partial charge is 0.508 e. The van der Waals surface area contributed by atoms with Gasteiger partial charge in [0.2, 0.25) is 0 Å². The lowest BCUT2D eigenvalue weighted by atomic mass is 10.0. The Labute approximate surface area is 98.4 Å². The van der Waals surface area contributed by atoms with Gasteiger partial charge in [0, 0.05) is 10.9 Å². The van der Waals surface area contributed by atoms with E-state index in [9.17, 15) is 9.90 Å². The van der Waals surface area contributed by atoms with Crippen LogP contribution in [0.4, 0.5) is 0 Å². The highest BCUT2D eigenvalue weighted by molar-refractivity contribution is 6.03. The first-order valence-corrected chi connectivity index (χ1v) is 5.04. The van der Waals surface area contributed by atoms with Gasteiger partial charge in [-0.2, -0.15) is 0 Å². The Kier molecular flexibility index (Phi) is 2.87. The molecule has 0 aliphatic carbocycles. The number of phenols is 1. The fraction of sp³-hybridized carbons (Fsp3) is 0.154. The molecule has 0 unspecified atom stereocenters. The quantitative estimate of drug-likeness (QED) is 0.825. The van der Waals surface area contributed by atoms with Gasteiger partial charge < -0.3 is 14.6 Å². The lowest BCUT2D eigenvalue weighted by molar-refractivity contribution is 0.112. The van der Waals surface area contributed by atoms with Crippen LogP contribution in [-0.4, -0.2) is 25.6 Å². The Hall–Kier alpha value is -2.23. The molecule has 88 valence electrons. The summed E-state index contributed by atoms with van der Waals surface area (Å²) >= 11 is 0. The number of fused-ring (bicyclic) bond motifs is 1. The smallest absolute Gasteiger partial charge is 0.168 e. The molecule has 0 aromatic heterocycles. The zero-order chi connectivity index (χ0) is 12.4. The van der Waals surface area contributed by atoms with Gasteiger partial charge in [-0.25, -0.2) is 0 Å². The Morgan fingerprint density at radius 1 is 1.12 bits per heavy atom. The van der Waals surface area contributed by atoms with Crippen molar-refractivity contribution in [3.63, 3.8) is 0 Å². The molecular formula is C13H12O4. The summed E-state index contributed by atoms with van der Waals surface area (Å²) in [6.07, 6.45) is 0.726. The van der Waals surface area contributed by atoms with Crippen LogP contribution >= 0.6 is 0 Å².